The number of hydrogen-bond acceptors (Lipinski definition) is 2. The molecule has 0 amide bonds. The van der Waals surface area contributed by atoms with Crippen molar-refractivity contribution < 1.29 is 9.53 Å². The van der Waals surface area contributed by atoms with Crippen LogP contribution < -0.4 is 4.74 Å². The van der Waals surface area contributed by atoms with Crippen molar-refractivity contribution in [1.29, 1.82) is 0 Å². The van der Waals surface area contributed by atoms with Gasteiger partial charge < -0.3 is 4.74 Å². The quantitative estimate of drug-likeness (QED) is 0.804. The maximum Gasteiger partial charge on any atom is 0.155 e. The molecule has 1 aliphatic carbocycles. The first-order valence-corrected chi connectivity index (χ1v) is 6.26. The lowest BCUT2D eigenvalue weighted by Gasteiger charge is -2.09. The maximum absolute atomic E-state index is 11.2. The van der Waals surface area contributed by atoms with Gasteiger partial charge in [-0.2, -0.15) is 0 Å². The zero-order valence-electron chi connectivity index (χ0n) is 9.46. The van der Waals surface area contributed by atoms with E-state index in [9.17, 15) is 4.79 Å². The van der Waals surface area contributed by atoms with Crippen molar-refractivity contribution in [3.8, 4) is 5.75 Å². The fourth-order valence-electron chi connectivity index (χ4n) is 2.52. The predicted molar refractivity (Wildman–Crippen MR) is 66.7 cm³/mol. The van der Waals surface area contributed by atoms with Gasteiger partial charge in [0.1, 0.15) is 5.75 Å². The number of fused-ring (bicyclic) bond motifs is 1. The lowest BCUT2D eigenvalue weighted by molar-refractivity contribution is -0.114. The Bertz CT molecular complexity index is 517. The van der Waals surface area contributed by atoms with Gasteiger partial charge in [0, 0.05) is 17.9 Å². The van der Waals surface area contributed by atoms with Crippen LogP contribution >= 0.6 is 11.6 Å². The molecule has 17 heavy (non-hydrogen) atoms. The van der Waals surface area contributed by atoms with Gasteiger partial charge >= 0.3 is 0 Å². The van der Waals surface area contributed by atoms with Gasteiger partial charge in [-0.25, -0.2) is 0 Å². The average Bonchev–Trinajstić information content (AvgIpc) is 2.87. The summed E-state index contributed by atoms with van der Waals surface area (Å²) in [6.07, 6.45) is 5.01. The Kier molecular flexibility index (Phi) is 2.67. The van der Waals surface area contributed by atoms with Crippen LogP contribution in [0.1, 0.15) is 24.0 Å². The van der Waals surface area contributed by atoms with E-state index in [1.807, 2.05) is 12.1 Å². The Morgan fingerprint density at radius 3 is 2.88 bits per heavy atom. The van der Waals surface area contributed by atoms with E-state index < -0.39 is 0 Å². The van der Waals surface area contributed by atoms with Crippen LogP contribution in [-0.2, 0) is 17.6 Å². The molecule has 1 heterocycles. The van der Waals surface area contributed by atoms with Gasteiger partial charge in [-0.1, -0.05) is 17.2 Å². The van der Waals surface area contributed by atoms with E-state index in [4.69, 9.17) is 16.3 Å². The van der Waals surface area contributed by atoms with Crippen molar-refractivity contribution >= 4 is 17.4 Å². The molecule has 0 atom stereocenters. The minimum absolute atomic E-state index is 0.236. The lowest BCUT2D eigenvalue weighted by atomic mass is 10.0. The highest BCUT2D eigenvalue weighted by Gasteiger charge is 2.20. The maximum atomic E-state index is 11.2. The van der Waals surface area contributed by atoms with Crippen LogP contribution in [0.15, 0.2) is 23.8 Å². The molecule has 0 spiro atoms. The largest absolute Gasteiger partial charge is 0.493 e. The summed E-state index contributed by atoms with van der Waals surface area (Å²) in [6.45, 7) is 0.737. The van der Waals surface area contributed by atoms with Crippen molar-refractivity contribution in [3.05, 3.63) is 39.9 Å². The summed E-state index contributed by atoms with van der Waals surface area (Å²) in [4.78, 5) is 11.2. The minimum atomic E-state index is 0.236. The van der Waals surface area contributed by atoms with Crippen molar-refractivity contribution in [2.24, 2.45) is 0 Å². The molecule has 1 aromatic rings. The van der Waals surface area contributed by atoms with Crippen molar-refractivity contribution in [3.63, 3.8) is 0 Å². The Morgan fingerprint density at radius 2 is 2.12 bits per heavy atom. The van der Waals surface area contributed by atoms with Crippen molar-refractivity contribution in [1.82, 2.24) is 0 Å². The van der Waals surface area contributed by atoms with Crippen LogP contribution in [0.2, 0.25) is 5.02 Å². The zero-order valence-corrected chi connectivity index (χ0v) is 10.2. The molecule has 0 unspecified atom stereocenters. The van der Waals surface area contributed by atoms with E-state index >= 15 is 0 Å². The molecule has 3 heteroatoms. The van der Waals surface area contributed by atoms with Gasteiger partial charge in [0.15, 0.2) is 5.78 Å². The Balaban J connectivity index is 1.93. The SMILES string of the molecule is O=C1C=C(Cc2cc(Cl)cc3c2OCC3)CC1. The van der Waals surface area contributed by atoms with Gasteiger partial charge in [-0.3, -0.25) is 4.79 Å². The lowest BCUT2D eigenvalue weighted by Crippen LogP contribution is -1.94. The number of carbonyl (C=O) groups is 1. The third-order valence-corrected chi connectivity index (χ3v) is 3.52. The first-order valence-electron chi connectivity index (χ1n) is 5.89. The van der Waals surface area contributed by atoms with Crippen molar-refractivity contribution in [2.45, 2.75) is 25.7 Å². The van der Waals surface area contributed by atoms with E-state index in [1.165, 1.54) is 11.1 Å². The van der Waals surface area contributed by atoms with E-state index in [-0.39, 0.29) is 5.78 Å². The van der Waals surface area contributed by atoms with Gasteiger partial charge in [-0.15, -0.1) is 0 Å². The first kappa shape index (κ1) is 10.8. The number of carbonyl (C=O) groups excluding carboxylic acids is 1. The number of benzene rings is 1. The molecular formula is C14H13ClO2. The summed E-state index contributed by atoms with van der Waals surface area (Å²) >= 11 is 6.10. The smallest absolute Gasteiger partial charge is 0.155 e. The molecule has 0 fully saturated rings. The molecule has 2 nitrogen and oxygen atoms in total. The molecule has 88 valence electrons. The highest BCUT2D eigenvalue weighted by molar-refractivity contribution is 6.30. The third-order valence-electron chi connectivity index (χ3n) is 3.30. The summed E-state index contributed by atoms with van der Waals surface area (Å²) in [6, 6.07) is 3.93. The van der Waals surface area contributed by atoms with E-state index in [0.29, 0.717) is 6.42 Å². The fourth-order valence-corrected chi connectivity index (χ4v) is 2.78. The number of hydrogen-bond donors (Lipinski definition) is 0. The number of halogens is 1. The number of allylic oxidation sites excluding steroid dienone is 2. The standard InChI is InChI=1S/C14H13ClO2/c15-12-7-10-3-4-17-14(10)11(8-12)5-9-1-2-13(16)6-9/h6-8H,1-5H2. The average molecular weight is 249 g/mol. The Hall–Kier alpha value is -1.28. The van der Waals surface area contributed by atoms with Crippen LogP contribution in [-0.4, -0.2) is 12.4 Å². The van der Waals surface area contributed by atoms with Crippen LogP contribution in [0.3, 0.4) is 0 Å². The second-order valence-corrected chi connectivity index (χ2v) is 5.03. The van der Waals surface area contributed by atoms with Crippen molar-refractivity contribution in [2.75, 3.05) is 6.61 Å². The summed E-state index contributed by atoms with van der Waals surface area (Å²) < 4.78 is 5.65. The summed E-state index contributed by atoms with van der Waals surface area (Å²) in [5.74, 6) is 1.22. The van der Waals surface area contributed by atoms with Gasteiger partial charge in [0.2, 0.25) is 0 Å². The fraction of sp³-hybridized carbons (Fsp3) is 0.357. The monoisotopic (exact) mass is 248 g/mol. The molecule has 1 aromatic carbocycles. The molecule has 0 saturated carbocycles. The minimum Gasteiger partial charge on any atom is -0.493 e. The second-order valence-electron chi connectivity index (χ2n) is 4.60. The molecule has 0 aromatic heterocycles. The van der Waals surface area contributed by atoms with Gasteiger partial charge in [-0.05, 0) is 42.2 Å². The predicted octanol–water partition coefficient (Wildman–Crippen LogP) is 3.11. The second kappa shape index (κ2) is 4.19. The van der Waals surface area contributed by atoms with Gasteiger partial charge in [0.25, 0.3) is 0 Å². The molecule has 1 aliphatic heterocycles. The van der Waals surface area contributed by atoms with E-state index in [2.05, 4.69) is 0 Å². The van der Waals surface area contributed by atoms with Crippen LogP contribution in [0, 0.1) is 0 Å². The summed E-state index contributed by atoms with van der Waals surface area (Å²) in [5, 5.41) is 0.758. The third kappa shape index (κ3) is 2.09. The van der Waals surface area contributed by atoms with Gasteiger partial charge in [0.05, 0.1) is 6.61 Å². The zero-order chi connectivity index (χ0) is 11.8. The Morgan fingerprint density at radius 1 is 1.24 bits per heavy atom. The molecule has 2 aliphatic rings. The Labute approximate surface area is 105 Å². The van der Waals surface area contributed by atoms with E-state index in [1.54, 1.807) is 6.08 Å². The van der Waals surface area contributed by atoms with Crippen LogP contribution in [0.25, 0.3) is 0 Å². The number of ketones is 1. The summed E-state index contributed by atoms with van der Waals surface area (Å²) in [5.41, 5.74) is 3.50. The molecule has 3 rings (SSSR count). The summed E-state index contributed by atoms with van der Waals surface area (Å²) in [7, 11) is 0. The normalized spacial score (nSPS) is 17.9. The number of rotatable bonds is 2. The first-order chi connectivity index (χ1) is 8.22. The van der Waals surface area contributed by atoms with Crippen LogP contribution in [0.5, 0.6) is 5.75 Å². The molecule has 0 bridgehead atoms. The number of ether oxygens (including phenoxy) is 1. The highest BCUT2D eigenvalue weighted by Crippen LogP contribution is 2.35. The van der Waals surface area contributed by atoms with E-state index in [0.717, 1.165) is 42.2 Å². The molecule has 0 radical (unpaired) electrons. The topological polar surface area (TPSA) is 26.3 Å². The van der Waals surface area contributed by atoms with Crippen LogP contribution in [0.4, 0.5) is 0 Å². The molecule has 0 N–H and O–H groups in total. The highest BCUT2D eigenvalue weighted by atomic mass is 35.5. The molecular weight excluding hydrogens is 236 g/mol. The molecule has 0 saturated heterocycles.